The fourth-order valence-electron chi connectivity index (χ4n) is 8.25. The summed E-state index contributed by atoms with van der Waals surface area (Å²) in [7, 11) is -2.10. The molecular formula is C51H54BBrF6N2O2. The van der Waals surface area contributed by atoms with Gasteiger partial charge < -0.3 is 10.0 Å². The predicted molar refractivity (Wildman–Crippen MR) is 246 cm³/mol. The molecule has 12 heteroatoms. The van der Waals surface area contributed by atoms with E-state index in [1.165, 1.54) is 73.3 Å². The molecule has 0 radical (unpaired) electrons. The normalized spacial score (nSPS) is 17.0. The zero-order valence-corrected chi connectivity index (χ0v) is 35.8. The van der Waals surface area contributed by atoms with E-state index in [0.717, 1.165) is 60.8 Å². The Morgan fingerprint density at radius 3 is 1.38 bits per heavy atom. The predicted octanol–water partition coefficient (Wildman–Crippen LogP) is 12.6. The highest BCUT2D eigenvalue weighted by molar-refractivity contribution is 9.10. The number of hydrogen-bond donors (Lipinski definition) is 2. The highest BCUT2D eigenvalue weighted by Gasteiger charge is 2.36. The minimum absolute atomic E-state index is 0. The Morgan fingerprint density at radius 1 is 0.524 bits per heavy atom. The molecule has 8 rings (SSSR count). The van der Waals surface area contributed by atoms with E-state index in [1.54, 1.807) is 18.2 Å². The molecule has 332 valence electrons. The van der Waals surface area contributed by atoms with Gasteiger partial charge in [-0.25, -0.2) is 0 Å². The van der Waals surface area contributed by atoms with Crippen LogP contribution in [0.2, 0.25) is 0 Å². The minimum Gasteiger partial charge on any atom is -0.423 e. The maximum Gasteiger partial charge on any atom is 0.489 e. The molecular weight excluding hydrogens is 877 g/mol. The number of benzene rings is 6. The largest absolute Gasteiger partial charge is 0.489 e. The second-order valence-electron chi connectivity index (χ2n) is 15.8. The number of rotatable bonds is 8. The van der Waals surface area contributed by atoms with Gasteiger partial charge in [0.25, 0.3) is 0 Å². The average Bonchev–Trinajstić information content (AvgIpc) is 3.28. The van der Waals surface area contributed by atoms with Crippen molar-refractivity contribution < 1.29 is 36.4 Å². The van der Waals surface area contributed by atoms with Crippen molar-refractivity contribution in [2.24, 2.45) is 0 Å². The monoisotopic (exact) mass is 930 g/mol. The molecule has 2 N–H and O–H groups in total. The van der Waals surface area contributed by atoms with E-state index in [9.17, 15) is 26.3 Å². The first-order valence-corrected chi connectivity index (χ1v) is 21.6. The number of hydrogen-bond acceptors (Lipinski definition) is 4. The number of piperidine rings is 2. The Morgan fingerprint density at radius 2 is 0.937 bits per heavy atom. The molecule has 6 aromatic rings. The average molecular weight is 932 g/mol. The van der Waals surface area contributed by atoms with Crippen molar-refractivity contribution in [1.29, 1.82) is 0 Å². The third kappa shape index (κ3) is 14.7. The Kier molecular flexibility index (Phi) is 18.2. The molecule has 6 aromatic carbocycles. The van der Waals surface area contributed by atoms with Gasteiger partial charge in [-0.15, -0.1) is 0 Å². The van der Waals surface area contributed by atoms with Gasteiger partial charge in [0.05, 0.1) is 11.1 Å². The van der Waals surface area contributed by atoms with E-state index in [-0.39, 0.29) is 13.0 Å². The molecule has 0 aromatic heterocycles. The molecule has 2 aliphatic heterocycles. The molecule has 0 aliphatic carbocycles. The fourth-order valence-corrected chi connectivity index (χ4v) is 8.52. The maximum atomic E-state index is 13.3. The van der Waals surface area contributed by atoms with Gasteiger partial charge in [0.1, 0.15) is 0 Å². The zero-order chi connectivity index (χ0) is 44.1. The van der Waals surface area contributed by atoms with Crippen LogP contribution in [0.1, 0.15) is 78.3 Å². The summed E-state index contributed by atoms with van der Waals surface area (Å²) in [6.07, 6.45) is -3.92. The lowest BCUT2D eigenvalue weighted by Gasteiger charge is -2.33. The van der Waals surface area contributed by atoms with Crippen LogP contribution in [0.3, 0.4) is 0 Å². The summed E-state index contributed by atoms with van der Waals surface area (Å²) >= 11 is 3.50. The molecule has 2 aliphatic rings. The Labute approximate surface area is 376 Å². The van der Waals surface area contributed by atoms with Crippen molar-refractivity contribution in [2.75, 3.05) is 26.2 Å². The van der Waals surface area contributed by atoms with Crippen LogP contribution >= 0.6 is 15.9 Å². The van der Waals surface area contributed by atoms with E-state index in [0.29, 0.717) is 17.4 Å². The Bertz CT molecular complexity index is 2260. The molecule has 2 heterocycles. The van der Waals surface area contributed by atoms with Gasteiger partial charge in [0.15, 0.2) is 0 Å². The summed E-state index contributed by atoms with van der Waals surface area (Å²) < 4.78 is 77.6. The molecule has 2 unspecified atom stereocenters. The van der Waals surface area contributed by atoms with Crippen molar-refractivity contribution in [2.45, 2.75) is 70.4 Å². The first-order chi connectivity index (χ1) is 29.7. The molecule has 0 bridgehead atoms. The number of halogens is 7. The summed E-state index contributed by atoms with van der Waals surface area (Å²) in [6, 6.07) is 47.9. The van der Waals surface area contributed by atoms with Crippen LogP contribution in [0, 0.1) is 0 Å². The van der Waals surface area contributed by atoms with Gasteiger partial charge in [-0.05, 0) is 108 Å². The van der Waals surface area contributed by atoms with E-state index < -0.39 is 36.1 Å². The Hall–Kier alpha value is -4.72. The van der Waals surface area contributed by atoms with Crippen LogP contribution in [0.5, 0.6) is 0 Å². The summed E-state index contributed by atoms with van der Waals surface area (Å²) in [5, 5.41) is 17.2. The summed E-state index contributed by atoms with van der Waals surface area (Å²) in [4.78, 5) is 5.03. The van der Waals surface area contributed by atoms with Crippen LogP contribution in [0.25, 0.3) is 11.1 Å². The van der Waals surface area contributed by atoms with Gasteiger partial charge >= 0.3 is 19.5 Å². The van der Waals surface area contributed by atoms with Gasteiger partial charge in [-0.2, -0.15) is 26.3 Å². The third-order valence-electron chi connectivity index (χ3n) is 11.3. The first kappa shape index (κ1) is 49.3. The van der Waals surface area contributed by atoms with Crippen LogP contribution in [0.15, 0.2) is 162 Å². The molecule has 0 saturated carbocycles. The molecule has 0 amide bonds. The van der Waals surface area contributed by atoms with Crippen molar-refractivity contribution in [1.82, 2.24) is 9.80 Å². The lowest BCUT2D eigenvalue weighted by molar-refractivity contribution is -0.137. The van der Waals surface area contributed by atoms with Crippen molar-refractivity contribution in [3.05, 3.63) is 196 Å². The topological polar surface area (TPSA) is 46.9 Å². The van der Waals surface area contributed by atoms with E-state index in [1.807, 2.05) is 18.2 Å². The quantitative estimate of drug-likeness (QED) is 0.118. The van der Waals surface area contributed by atoms with Crippen LogP contribution in [-0.4, -0.2) is 53.1 Å². The zero-order valence-electron chi connectivity index (χ0n) is 34.2. The lowest BCUT2D eigenvalue weighted by atomic mass is 9.77. The summed E-state index contributed by atoms with van der Waals surface area (Å²) in [5.41, 5.74) is 4.10. The molecule has 0 spiro atoms. The smallest absolute Gasteiger partial charge is 0.423 e. The van der Waals surface area contributed by atoms with E-state index in [4.69, 9.17) is 10.0 Å². The van der Waals surface area contributed by atoms with Crippen LogP contribution in [0.4, 0.5) is 26.3 Å². The fraction of sp³-hybridized carbons (Fsp3) is 0.294. The number of nitrogens with zero attached hydrogens (tertiary/aromatic N) is 2. The van der Waals surface area contributed by atoms with Gasteiger partial charge in [0, 0.05) is 30.7 Å². The van der Waals surface area contributed by atoms with Crippen molar-refractivity contribution >= 4 is 28.5 Å². The number of alkyl halides is 6. The van der Waals surface area contributed by atoms with Crippen LogP contribution < -0.4 is 5.46 Å². The van der Waals surface area contributed by atoms with Gasteiger partial charge in [0.2, 0.25) is 0 Å². The second kappa shape index (κ2) is 23.3. The Balaban J connectivity index is 0.000000191. The highest BCUT2D eigenvalue weighted by Crippen LogP contribution is 2.37. The maximum absolute atomic E-state index is 13.3. The first-order valence-electron chi connectivity index (χ1n) is 20.8. The second-order valence-corrected chi connectivity index (χ2v) is 16.7. The summed E-state index contributed by atoms with van der Waals surface area (Å²) in [6.45, 7) is 6.37. The summed E-state index contributed by atoms with van der Waals surface area (Å²) in [5.74, 6) is 1.24. The molecule has 2 atom stereocenters. The van der Waals surface area contributed by atoms with Crippen molar-refractivity contribution in [3.8, 4) is 11.1 Å². The molecule has 2 fully saturated rings. The minimum atomic E-state index is -4.56. The molecule has 2 saturated heterocycles. The standard InChI is InChI=1S/C25H24F3N.C18H20BrN.C7H6BF3O2.CH4/c26-25(27,28)24-11-5-4-10-23(24)21-14-12-19(13-15-21)17-29-16-6-9-22(18-29)20-7-2-1-3-8-20;19-18-10-8-15(9-11-18)13-20-12-4-7-17(14-20)16-5-2-1-3-6-16;9-7(10,11)5-3-1-2-4-6(5)8(12)13;/h1-5,7-8,10-15,22H,6,9,16-18H2;1-3,5-6,8-11,17H,4,7,12-14H2;1-4,12-13H;1H4. The SMILES string of the molecule is Brc1ccc(CN2CCCC(c3ccccc3)C2)cc1.C.FC(F)(F)c1ccccc1-c1ccc(CN2CCCC(c3ccccc3)C2)cc1.OB(O)c1ccccc1C(F)(F)F. The lowest BCUT2D eigenvalue weighted by Crippen LogP contribution is -2.35. The number of likely N-dealkylation sites (tertiary alicyclic amines) is 2. The van der Waals surface area contributed by atoms with E-state index in [2.05, 4.69) is 105 Å². The molecule has 4 nitrogen and oxygen atoms in total. The van der Waals surface area contributed by atoms with Crippen molar-refractivity contribution in [3.63, 3.8) is 0 Å². The molecule has 63 heavy (non-hydrogen) atoms. The van der Waals surface area contributed by atoms with Gasteiger partial charge in [-0.1, -0.05) is 163 Å². The van der Waals surface area contributed by atoms with Crippen LogP contribution in [-0.2, 0) is 25.4 Å². The van der Waals surface area contributed by atoms with E-state index >= 15 is 0 Å². The van der Waals surface area contributed by atoms with Gasteiger partial charge in [-0.3, -0.25) is 9.80 Å². The third-order valence-corrected chi connectivity index (χ3v) is 11.8. The highest BCUT2D eigenvalue weighted by atomic mass is 79.9.